The van der Waals surface area contributed by atoms with Gasteiger partial charge in [0.25, 0.3) is 0 Å². The van der Waals surface area contributed by atoms with Gasteiger partial charge in [-0.25, -0.2) is 0 Å². The minimum atomic E-state index is 0.621. The number of hydrogen-bond donors (Lipinski definition) is 1. The second kappa shape index (κ2) is 7.46. The Morgan fingerprint density at radius 2 is 2.06 bits per heavy atom. The molecule has 16 heavy (non-hydrogen) atoms. The summed E-state index contributed by atoms with van der Waals surface area (Å²) in [6.45, 7) is 7.72. The molecule has 0 saturated carbocycles. The van der Waals surface area contributed by atoms with Crippen LogP contribution in [0.5, 0.6) is 0 Å². The molecule has 0 aromatic carbocycles. The third-order valence-corrected chi connectivity index (χ3v) is 4.76. The van der Waals surface area contributed by atoms with Gasteiger partial charge in [0.15, 0.2) is 0 Å². The van der Waals surface area contributed by atoms with Gasteiger partial charge in [-0.15, -0.1) is 11.3 Å². The Bertz CT molecular complexity index is 287. The molecule has 0 saturated heterocycles. The molecular weight excluding hydrogens is 282 g/mol. The van der Waals surface area contributed by atoms with Crippen molar-refractivity contribution >= 4 is 27.3 Å². The van der Waals surface area contributed by atoms with Crippen molar-refractivity contribution in [1.29, 1.82) is 0 Å². The average Bonchev–Trinajstić information content (AvgIpc) is 2.52. The van der Waals surface area contributed by atoms with Gasteiger partial charge in [0, 0.05) is 10.9 Å². The maximum absolute atomic E-state index is 3.57. The van der Waals surface area contributed by atoms with Gasteiger partial charge >= 0.3 is 0 Å². The Balaban J connectivity index is 2.07. The zero-order valence-electron chi connectivity index (χ0n) is 10.5. The van der Waals surface area contributed by atoms with E-state index >= 15 is 0 Å². The summed E-state index contributed by atoms with van der Waals surface area (Å²) in [7, 11) is 0. The van der Waals surface area contributed by atoms with Crippen LogP contribution >= 0.6 is 27.3 Å². The first-order valence-corrected chi connectivity index (χ1v) is 7.68. The Kier molecular flexibility index (Phi) is 6.62. The quantitative estimate of drug-likeness (QED) is 0.730. The molecule has 0 atom stereocenters. The predicted molar refractivity (Wildman–Crippen MR) is 77.4 cm³/mol. The van der Waals surface area contributed by atoms with Gasteiger partial charge in [0.2, 0.25) is 0 Å². The molecule has 3 heteroatoms. The number of aryl methyl sites for hydroxylation is 2. The fraction of sp³-hybridized carbons (Fsp3) is 0.692. The lowest BCUT2D eigenvalue weighted by molar-refractivity contribution is 0.549. The van der Waals surface area contributed by atoms with Gasteiger partial charge < -0.3 is 5.32 Å². The molecule has 0 fully saturated rings. The first kappa shape index (κ1) is 14.2. The first-order valence-electron chi connectivity index (χ1n) is 6.08. The number of halogens is 1. The van der Waals surface area contributed by atoms with Crippen LogP contribution in [0.3, 0.4) is 0 Å². The van der Waals surface area contributed by atoms with E-state index in [-0.39, 0.29) is 0 Å². The van der Waals surface area contributed by atoms with Crippen molar-refractivity contribution in [1.82, 2.24) is 5.32 Å². The van der Waals surface area contributed by atoms with E-state index in [0.717, 1.165) is 6.54 Å². The van der Waals surface area contributed by atoms with E-state index in [1.54, 1.807) is 0 Å². The largest absolute Gasteiger partial charge is 0.315 e. The molecule has 0 radical (unpaired) electrons. The minimum absolute atomic E-state index is 0.621. The zero-order chi connectivity index (χ0) is 12.0. The topological polar surface area (TPSA) is 12.0 Å². The fourth-order valence-corrected chi connectivity index (χ4v) is 3.31. The Morgan fingerprint density at radius 1 is 1.31 bits per heavy atom. The van der Waals surface area contributed by atoms with E-state index < -0.39 is 0 Å². The highest BCUT2D eigenvalue weighted by Crippen LogP contribution is 2.28. The van der Waals surface area contributed by atoms with E-state index in [1.165, 1.54) is 39.9 Å². The number of thiophene rings is 1. The van der Waals surface area contributed by atoms with Gasteiger partial charge in [0.05, 0.1) is 3.79 Å². The molecule has 0 aliphatic heterocycles. The summed E-state index contributed by atoms with van der Waals surface area (Å²) in [6, 6.07) is 2.93. The van der Waals surface area contributed by atoms with E-state index in [4.69, 9.17) is 0 Å². The maximum atomic E-state index is 3.57. The molecule has 1 heterocycles. The summed E-state index contributed by atoms with van der Waals surface area (Å²) in [6.07, 6.45) is 5.17. The predicted octanol–water partition coefficient (Wildman–Crippen LogP) is 4.53. The normalized spacial score (nSPS) is 11.3. The summed E-state index contributed by atoms with van der Waals surface area (Å²) in [5.74, 6) is 0. The molecule has 1 aromatic heterocycles. The SMILES string of the molecule is Cc1cc(CCCCCNC(C)C)sc1Br. The lowest BCUT2D eigenvalue weighted by Crippen LogP contribution is -2.23. The van der Waals surface area contributed by atoms with Crippen LogP contribution in [0, 0.1) is 6.92 Å². The highest BCUT2D eigenvalue weighted by Gasteiger charge is 2.02. The Morgan fingerprint density at radius 3 is 2.62 bits per heavy atom. The molecule has 1 rings (SSSR count). The molecule has 1 nitrogen and oxygen atoms in total. The summed E-state index contributed by atoms with van der Waals surface area (Å²) in [5.41, 5.74) is 1.38. The molecule has 0 aliphatic rings. The number of hydrogen-bond acceptors (Lipinski definition) is 2. The van der Waals surface area contributed by atoms with Crippen LogP contribution in [0.2, 0.25) is 0 Å². The van der Waals surface area contributed by atoms with Crippen molar-refractivity contribution in [2.75, 3.05) is 6.54 Å². The van der Waals surface area contributed by atoms with Gasteiger partial charge in [0.1, 0.15) is 0 Å². The molecule has 92 valence electrons. The monoisotopic (exact) mass is 303 g/mol. The van der Waals surface area contributed by atoms with E-state index in [1.807, 2.05) is 11.3 Å². The Hall–Kier alpha value is 0.140. The fourth-order valence-electron chi connectivity index (χ4n) is 1.64. The molecule has 1 aromatic rings. The average molecular weight is 304 g/mol. The van der Waals surface area contributed by atoms with Crippen molar-refractivity contribution in [2.45, 2.75) is 52.5 Å². The van der Waals surface area contributed by atoms with Gasteiger partial charge in [-0.2, -0.15) is 0 Å². The van der Waals surface area contributed by atoms with Crippen LogP contribution in [0.15, 0.2) is 9.85 Å². The zero-order valence-corrected chi connectivity index (χ0v) is 12.9. The van der Waals surface area contributed by atoms with Crippen molar-refractivity contribution in [3.05, 3.63) is 20.3 Å². The lowest BCUT2D eigenvalue weighted by atomic mass is 10.1. The highest BCUT2D eigenvalue weighted by atomic mass is 79.9. The van der Waals surface area contributed by atoms with Crippen molar-refractivity contribution in [3.8, 4) is 0 Å². The van der Waals surface area contributed by atoms with Crippen molar-refractivity contribution in [3.63, 3.8) is 0 Å². The minimum Gasteiger partial charge on any atom is -0.315 e. The summed E-state index contributed by atoms with van der Waals surface area (Å²) in [5, 5.41) is 3.45. The van der Waals surface area contributed by atoms with E-state index in [9.17, 15) is 0 Å². The molecule has 0 amide bonds. The molecule has 1 N–H and O–H groups in total. The number of unbranched alkanes of at least 4 members (excludes halogenated alkanes) is 2. The highest BCUT2D eigenvalue weighted by molar-refractivity contribution is 9.11. The van der Waals surface area contributed by atoms with Crippen molar-refractivity contribution < 1.29 is 0 Å². The second-order valence-electron chi connectivity index (χ2n) is 4.59. The summed E-state index contributed by atoms with van der Waals surface area (Å²) < 4.78 is 1.30. The number of nitrogens with one attached hydrogen (secondary N) is 1. The van der Waals surface area contributed by atoms with Crippen LogP contribution < -0.4 is 5.32 Å². The summed E-state index contributed by atoms with van der Waals surface area (Å²) >= 11 is 5.46. The summed E-state index contributed by atoms with van der Waals surface area (Å²) in [4.78, 5) is 1.51. The smallest absolute Gasteiger partial charge is 0.0730 e. The molecule has 0 bridgehead atoms. The number of rotatable bonds is 7. The molecule has 0 spiro atoms. The standard InChI is InChI=1S/C13H22BrNS/c1-10(2)15-8-6-4-5-7-12-9-11(3)13(14)16-12/h9-10,15H,4-8H2,1-3H3. The van der Waals surface area contributed by atoms with Gasteiger partial charge in [-0.3, -0.25) is 0 Å². The van der Waals surface area contributed by atoms with E-state index in [0.29, 0.717) is 6.04 Å². The van der Waals surface area contributed by atoms with Crippen LogP contribution in [0.4, 0.5) is 0 Å². The second-order valence-corrected chi connectivity index (χ2v) is 7.04. The van der Waals surface area contributed by atoms with Gasteiger partial charge in [-0.05, 0) is 60.3 Å². The van der Waals surface area contributed by atoms with Crippen molar-refractivity contribution in [2.24, 2.45) is 0 Å². The van der Waals surface area contributed by atoms with Crippen LogP contribution in [-0.2, 0) is 6.42 Å². The first-order chi connectivity index (χ1) is 7.59. The maximum Gasteiger partial charge on any atom is 0.0730 e. The third-order valence-electron chi connectivity index (χ3n) is 2.56. The van der Waals surface area contributed by atoms with E-state index in [2.05, 4.69) is 48.1 Å². The third kappa shape index (κ3) is 5.46. The van der Waals surface area contributed by atoms with Crippen LogP contribution in [-0.4, -0.2) is 12.6 Å². The van der Waals surface area contributed by atoms with Crippen LogP contribution in [0.25, 0.3) is 0 Å². The molecule has 0 aliphatic carbocycles. The van der Waals surface area contributed by atoms with Crippen LogP contribution in [0.1, 0.15) is 43.6 Å². The Labute approximate surface area is 112 Å². The molecule has 0 unspecified atom stereocenters. The molecular formula is C13H22BrNS. The lowest BCUT2D eigenvalue weighted by Gasteiger charge is -2.06. The van der Waals surface area contributed by atoms with Gasteiger partial charge in [-0.1, -0.05) is 20.3 Å².